The third-order valence-corrected chi connectivity index (χ3v) is 3.90. The van der Waals surface area contributed by atoms with Gasteiger partial charge in [0.1, 0.15) is 5.82 Å². The Morgan fingerprint density at radius 3 is 2.88 bits per heavy atom. The molecular weight excluding hydrogens is 222 g/mol. The average Bonchev–Trinajstić information content (AvgIpc) is 2.93. The summed E-state index contributed by atoms with van der Waals surface area (Å²) in [5, 5.41) is 4.36. The smallest absolute Gasteiger partial charge is 0.202 e. The Bertz CT molecular complexity index is 336. The molecule has 0 atom stereocenters. The lowest BCUT2D eigenvalue weighted by Crippen LogP contribution is -2.17. The minimum absolute atomic E-state index is 0.466. The topological polar surface area (TPSA) is 47.0 Å². The van der Waals surface area contributed by atoms with E-state index in [0.717, 1.165) is 36.9 Å². The molecule has 5 heteroatoms. The van der Waals surface area contributed by atoms with E-state index < -0.39 is 0 Å². The number of anilines is 1. The highest BCUT2D eigenvalue weighted by Gasteiger charge is 2.41. The molecule has 2 rings (SSSR count). The molecule has 1 fully saturated rings. The molecule has 1 saturated carbocycles. The molecule has 0 spiro atoms. The molecular formula is C11H19N3OS. The van der Waals surface area contributed by atoms with Gasteiger partial charge in [0.2, 0.25) is 5.13 Å². The number of hydrogen-bond donors (Lipinski definition) is 1. The van der Waals surface area contributed by atoms with Crippen molar-refractivity contribution >= 4 is 16.7 Å². The van der Waals surface area contributed by atoms with Crippen LogP contribution in [0.1, 0.15) is 32.0 Å². The zero-order valence-electron chi connectivity index (χ0n) is 9.95. The highest BCUT2D eigenvalue weighted by molar-refractivity contribution is 7.09. The van der Waals surface area contributed by atoms with Crippen LogP contribution < -0.4 is 5.32 Å². The van der Waals surface area contributed by atoms with Crippen molar-refractivity contribution in [3.63, 3.8) is 0 Å². The van der Waals surface area contributed by atoms with E-state index in [1.54, 1.807) is 7.11 Å². The van der Waals surface area contributed by atoms with Gasteiger partial charge in [0.25, 0.3) is 0 Å². The highest BCUT2D eigenvalue weighted by atomic mass is 32.1. The highest BCUT2D eigenvalue weighted by Crippen LogP contribution is 2.48. The normalized spacial score (nSPS) is 17.4. The Morgan fingerprint density at radius 2 is 2.31 bits per heavy atom. The minimum Gasteiger partial charge on any atom is -0.385 e. The van der Waals surface area contributed by atoms with Crippen LogP contribution in [-0.4, -0.2) is 29.6 Å². The van der Waals surface area contributed by atoms with Crippen molar-refractivity contribution in [2.24, 2.45) is 5.41 Å². The molecule has 1 aliphatic rings. The standard InChI is InChI=1S/C11H19N3OS/c1-3-9-13-10(16-14-9)12-8-11(4-5-11)6-7-15-2/h3-8H2,1-2H3,(H,12,13,14). The van der Waals surface area contributed by atoms with Gasteiger partial charge in [-0.2, -0.15) is 4.37 Å². The van der Waals surface area contributed by atoms with E-state index in [0.29, 0.717) is 5.41 Å². The van der Waals surface area contributed by atoms with Crippen LogP contribution in [0.2, 0.25) is 0 Å². The van der Waals surface area contributed by atoms with Crippen LogP contribution in [0.3, 0.4) is 0 Å². The molecule has 0 aromatic carbocycles. The molecule has 1 aromatic rings. The van der Waals surface area contributed by atoms with Crippen LogP contribution >= 0.6 is 11.5 Å². The second-order valence-corrected chi connectivity index (χ2v) is 5.22. The van der Waals surface area contributed by atoms with E-state index in [1.165, 1.54) is 24.4 Å². The molecule has 0 unspecified atom stereocenters. The number of aryl methyl sites for hydroxylation is 1. The molecule has 1 aromatic heterocycles. The van der Waals surface area contributed by atoms with Crippen molar-refractivity contribution < 1.29 is 4.74 Å². The summed E-state index contributed by atoms with van der Waals surface area (Å²) in [6, 6.07) is 0. The van der Waals surface area contributed by atoms with Gasteiger partial charge in [-0.1, -0.05) is 6.92 Å². The van der Waals surface area contributed by atoms with Crippen molar-refractivity contribution in [2.45, 2.75) is 32.6 Å². The molecule has 0 radical (unpaired) electrons. The largest absolute Gasteiger partial charge is 0.385 e. The molecule has 1 N–H and O–H groups in total. The summed E-state index contributed by atoms with van der Waals surface area (Å²) in [4.78, 5) is 4.40. The third kappa shape index (κ3) is 2.92. The monoisotopic (exact) mass is 241 g/mol. The number of rotatable bonds is 7. The Kier molecular flexibility index (Phi) is 3.76. The summed E-state index contributed by atoms with van der Waals surface area (Å²) in [5.41, 5.74) is 0.466. The van der Waals surface area contributed by atoms with Crippen molar-refractivity contribution in [1.82, 2.24) is 9.36 Å². The minimum atomic E-state index is 0.466. The zero-order chi connectivity index (χ0) is 11.4. The van der Waals surface area contributed by atoms with E-state index >= 15 is 0 Å². The molecule has 90 valence electrons. The summed E-state index contributed by atoms with van der Waals surface area (Å²) in [7, 11) is 1.77. The van der Waals surface area contributed by atoms with Gasteiger partial charge >= 0.3 is 0 Å². The number of hydrogen-bond acceptors (Lipinski definition) is 5. The Morgan fingerprint density at radius 1 is 1.50 bits per heavy atom. The fourth-order valence-corrected chi connectivity index (χ4v) is 2.39. The Hall–Kier alpha value is -0.680. The lowest BCUT2D eigenvalue weighted by Gasteiger charge is -2.14. The second kappa shape index (κ2) is 5.10. The van der Waals surface area contributed by atoms with Crippen LogP contribution in [-0.2, 0) is 11.2 Å². The van der Waals surface area contributed by atoms with Gasteiger partial charge < -0.3 is 10.1 Å². The van der Waals surface area contributed by atoms with E-state index in [-0.39, 0.29) is 0 Å². The maximum absolute atomic E-state index is 5.14. The molecule has 16 heavy (non-hydrogen) atoms. The van der Waals surface area contributed by atoms with E-state index in [2.05, 4.69) is 21.6 Å². The quantitative estimate of drug-likeness (QED) is 0.796. The SMILES string of the molecule is CCc1nsc(NCC2(CCOC)CC2)n1. The summed E-state index contributed by atoms with van der Waals surface area (Å²) < 4.78 is 9.40. The molecule has 4 nitrogen and oxygen atoms in total. The van der Waals surface area contributed by atoms with Gasteiger partial charge in [-0.05, 0) is 24.7 Å². The number of nitrogens with zero attached hydrogens (tertiary/aromatic N) is 2. The first-order valence-electron chi connectivity index (χ1n) is 5.83. The average molecular weight is 241 g/mol. The van der Waals surface area contributed by atoms with E-state index in [4.69, 9.17) is 4.74 Å². The fourth-order valence-electron chi connectivity index (χ4n) is 1.74. The van der Waals surface area contributed by atoms with Crippen LogP contribution in [0, 0.1) is 5.41 Å². The van der Waals surface area contributed by atoms with Gasteiger partial charge in [-0.15, -0.1) is 0 Å². The second-order valence-electron chi connectivity index (χ2n) is 4.47. The third-order valence-electron chi connectivity index (χ3n) is 3.19. The van der Waals surface area contributed by atoms with Crippen molar-refractivity contribution in [2.75, 3.05) is 25.6 Å². The van der Waals surface area contributed by atoms with Gasteiger partial charge in [0.05, 0.1) is 0 Å². The molecule has 0 aliphatic heterocycles. The van der Waals surface area contributed by atoms with Gasteiger partial charge in [-0.25, -0.2) is 4.98 Å². The van der Waals surface area contributed by atoms with E-state index in [1.807, 2.05) is 0 Å². The van der Waals surface area contributed by atoms with Crippen LogP contribution in [0.5, 0.6) is 0 Å². The van der Waals surface area contributed by atoms with E-state index in [9.17, 15) is 0 Å². The van der Waals surface area contributed by atoms with Crippen molar-refractivity contribution in [3.05, 3.63) is 5.82 Å². The van der Waals surface area contributed by atoms with Crippen molar-refractivity contribution in [1.29, 1.82) is 0 Å². The van der Waals surface area contributed by atoms with Gasteiger partial charge in [-0.3, -0.25) is 0 Å². The molecule has 1 heterocycles. The van der Waals surface area contributed by atoms with Crippen molar-refractivity contribution in [3.8, 4) is 0 Å². The zero-order valence-corrected chi connectivity index (χ0v) is 10.8. The molecule has 0 bridgehead atoms. The fraction of sp³-hybridized carbons (Fsp3) is 0.818. The lowest BCUT2D eigenvalue weighted by atomic mass is 10.0. The number of aromatic nitrogens is 2. The predicted octanol–water partition coefficient (Wildman–Crippen LogP) is 2.33. The Labute approximate surface area is 101 Å². The van der Waals surface area contributed by atoms with Crippen LogP contribution in [0.4, 0.5) is 5.13 Å². The Balaban J connectivity index is 1.78. The van der Waals surface area contributed by atoms with Crippen LogP contribution in [0.15, 0.2) is 0 Å². The van der Waals surface area contributed by atoms with Gasteiger partial charge in [0.15, 0.2) is 0 Å². The summed E-state index contributed by atoms with van der Waals surface area (Å²) in [6.45, 7) is 3.94. The maximum Gasteiger partial charge on any atom is 0.202 e. The first kappa shape index (κ1) is 11.8. The first-order valence-corrected chi connectivity index (χ1v) is 6.61. The number of nitrogens with one attached hydrogen (secondary N) is 1. The summed E-state index contributed by atoms with van der Waals surface area (Å²) in [5.74, 6) is 0.939. The molecule has 1 aliphatic carbocycles. The summed E-state index contributed by atoms with van der Waals surface area (Å²) in [6.07, 6.45) is 4.68. The molecule has 0 saturated heterocycles. The number of methoxy groups -OCH3 is 1. The van der Waals surface area contributed by atoms with Gasteiger partial charge in [0, 0.05) is 38.2 Å². The molecule has 0 amide bonds. The first-order chi connectivity index (χ1) is 7.78. The summed E-state index contributed by atoms with van der Waals surface area (Å²) >= 11 is 1.46. The lowest BCUT2D eigenvalue weighted by molar-refractivity contribution is 0.175. The van der Waals surface area contributed by atoms with Crippen LogP contribution in [0.25, 0.3) is 0 Å². The predicted molar refractivity (Wildman–Crippen MR) is 65.9 cm³/mol. The maximum atomic E-state index is 5.14. The number of ether oxygens (including phenoxy) is 1.